The average Bonchev–Trinajstić information content (AvgIpc) is 3.38. The Morgan fingerprint density at radius 3 is 2.89 bits per heavy atom. The number of aromatic nitrogens is 4. The minimum absolute atomic E-state index is 0.104. The van der Waals surface area contributed by atoms with E-state index < -0.39 is 0 Å². The summed E-state index contributed by atoms with van der Waals surface area (Å²) in [7, 11) is 0. The van der Waals surface area contributed by atoms with E-state index in [4.69, 9.17) is 4.42 Å². The van der Waals surface area contributed by atoms with Gasteiger partial charge in [-0.2, -0.15) is 0 Å². The molecule has 0 radical (unpaired) electrons. The summed E-state index contributed by atoms with van der Waals surface area (Å²) in [6.45, 7) is 2.49. The molecule has 0 aromatic carbocycles. The Kier molecular flexibility index (Phi) is 5.24. The van der Waals surface area contributed by atoms with Crippen molar-refractivity contribution in [2.24, 2.45) is 5.92 Å². The summed E-state index contributed by atoms with van der Waals surface area (Å²) >= 11 is 1.60. The topological polar surface area (TPSA) is 93.8 Å². The molecule has 1 aliphatic carbocycles. The van der Waals surface area contributed by atoms with Gasteiger partial charge in [-0.25, -0.2) is 9.97 Å². The van der Waals surface area contributed by atoms with Crippen LogP contribution in [0.3, 0.4) is 0 Å². The standard InChI is InChI=1S/C19H21N5O2S/c1-12-15(10-20-11-22-12)17(25)21-9-13-4-6-14(7-5-13)18-23-24-19(26-18)16-3-2-8-27-16/h2-3,8,10-11,13-14H,4-7,9H2,1H3,(H,21,25). The second-order valence-corrected chi connectivity index (χ2v) is 7.82. The van der Waals surface area contributed by atoms with Crippen molar-refractivity contribution in [2.75, 3.05) is 6.54 Å². The summed E-state index contributed by atoms with van der Waals surface area (Å²) < 4.78 is 5.88. The molecule has 3 aromatic heterocycles. The summed E-state index contributed by atoms with van der Waals surface area (Å²) in [5.74, 6) is 2.01. The number of rotatable bonds is 5. The van der Waals surface area contributed by atoms with E-state index in [1.807, 2.05) is 24.4 Å². The summed E-state index contributed by atoms with van der Waals surface area (Å²) in [6, 6.07) is 3.97. The summed E-state index contributed by atoms with van der Waals surface area (Å²) in [4.78, 5) is 21.3. The Hall–Kier alpha value is -2.61. The van der Waals surface area contributed by atoms with Crippen LogP contribution in [0, 0.1) is 12.8 Å². The summed E-state index contributed by atoms with van der Waals surface area (Å²) in [6.07, 6.45) is 7.09. The van der Waals surface area contributed by atoms with E-state index in [0.717, 1.165) is 36.5 Å². The van der Waals surface area contributed by atoms with Gasteiger partial charge in [0.1, 0.15) is 6.33 Å². The molecule has 140 valence electrons. The van der Waals surface area contributed by atoms with Gasteiger partial charge in [0.05, 0.1) is 16.1 Å². The first kappa shape index (κ1) is 17.8. The predicted molar refractivity (Wildman–Crippen MR) is 101 cm³/mol. The largest absolute Gasteiger partial charge is 0.420 e. The van der Waals surface area contributed by atoms with Crippen LogP contribution in [0.25, 0.3) is 10.8 Å². The van der Waals surface area contributed by atoms with Crippen LogP contribution in [0.15, 0.2) is 34.5 Å². The fourth-order valence-corrected chi connectivity index (χ4v) is 4.10. The number of aryl methyl sites for hydroxylation is 1. The Bertz CT molecular complexity index is 900. The third-order valence-corrected chi connectivity index (χ3v) is 5.93. The van der Waals surface area contributed by atoms with Gasteiger partial charge in [-0.1, -0.05) is 6.07 Å². The van der Waals surface area contributed by atoms with Gasteiger partial charge in [0, 0.05) is 18.7 Å². The number of thiophene rings is 1. The second kappa shape index (κ2) is 7.96. The lowest BCUT2D eigenvalue weighted by molar-refractivity contribution is 0.0941. The Morgan fingerprint density at radius 2 is 2.15 bits per heavy atom. The first-order chi connectivity index (χ1) is 13.2. The Morgan fingerprint density at radius 1 is 1.30 bits per heavy atom. The van der Waals surface area contributed by atoms with E-state index in [1.54, 1.807) is 17.5 Å². The van der Waals surface area contributed by atoms with Gasteiger partial charge in [-0.15, -0.1) is 21.5 Å². The summed E-state index contributed by atoms with van der Waals surface area (Å²) in [5, 5.41) is 13.4. The SMILES string of the molecule is Cc1ncncc1C(=O)NCC1CCC(c2nnc(-c3cccs3)o2)CC1. The highest BCUT2D eigenvalue weighted by Gasteiger charge is 2.27. The first-order valence-corrected chi connectivity index (χ1v) is 10.0. The Labute approximate surface area is 161 Å². The number of hydrogen-bond acceptors (Lipinski definition) is 7. The number of amides is 1. The lowest BCUT2D eigenvalue weighted by atomic mass is 9.82. The molecule has 1 amide bonds. The zero-order chi connectivity index (χ0) is 18.6. The monoisotopic (exact) mass is 383 g/mol. The highest BCUT2D eigenvalue weighted by molar-refractivity contribution is 7.13. The molecule has 0 aliphatic heterocycles. The van der Waals surface area contributed by atoms with E-state index >= 15 is 0 Å². The predicted octanol–water partition coefficient (Wildman–Crippen LogP) is 3.60. The quantitative estimate of drug-likeness (QED) is 0.723. The van der Waals surface area contributed by atoms with Gasteiger partial charge in [0.25, 0.3) is 11.8 Å². The van der Waals surface area contributed by atoms with Gasteiger partial charge < -0.3 is 9.73 Å². The van der Waals surface area contributed by atoms with Gasteiger partial charge in [0.2, 0.25) is 5.89 Å². The molecule has 1 fully saturated rings. The second-order valence-electron chi connectivity index (χ2n) is 6.87. The fourth-order valence-electron chi connectivity index (χ4n) is 3.46. The zero-order valence-electron chi connectivity index (χ0n) is 15.1. The molecule has 0 unspecified atom stereocenters. The van der Waals surface area contributed by atoms with Crippen molar-refractivity contribution in [1.29, 1.82) is 0 Å². The minimum atomic E-state index is -0.104. The molecule has 3 aromatic rings. The molecule has 3 heterocycles. The van der Waals surface area contributed by atoms with E-state index in [1.165, 1.54) is 6.33 Å². The molecular weight excluding hydrogens is 362 g/mol. The smallest absolute Gasteiger partial charge is 0.257 e. The van der Waals surface area contributed by atoms with Gasteiger partial charge >= 0.3 is 0 Å². The maximum absolute atomic E-state index is 12.3. The third kappa shape index (κ3) is 4.05. The van der Waals surface area contributed by atoms with Crippen molar-refractivity contribution < 1.29 is 9.21 Å². The third-order valence-electron chi connectivity index (χ3n) is 5.08. The van der Waals surface area contributed by atoms with Crippen LogP contribution in [0.2, 0.25) is 0 Å². The van der Waals surface area contributed by atoms with Crippen molar-refractivity contribution in [3.63, 3.8) is 0 Å². The van der Waals surface area contributed by atoms with E-state index in [0.29, 0.717) is 35.5 Å². The number of nitrogens with zero attached hydrogens (tertiary/aromatic N) is 4. The molecule has 4 rings (SSSR count). The van der Waals surface area contributed by atoms with Gasteiger partial charge in [0.15, 0.2) is 0 Å². The van der Waals surface area contributed by atoms with Crippen LogP contribution >= 0.6 is 11.3 Å². The molecule has 1 N–H and O–H groups in total. The molecule has 8 heteroatoms. The number of hydrogen-bond donors (Lipinski definition) is 1. The number of carbonyl (C=O) groups excluding carboxylic acids is 1. The van der Waals surface area contributed by atoms with Crippen molar-refractivity contribution in [3.05, 3.63) is 47.2 Å². The van der Waals surface area contributed by atoms with Crippen LogP contribution in [0.4, 0.5) is 0 Å². The van der Waals surface area contributed by atoms with Crippen LogP contribution in [-0.4, -0.2) is 32.6 Å². The highest BCUT2D eigenvalue weighted by atomic mass is 32.1. The fraction of sp³-hybridized carbons (Fsp3) is 0.421. The van der Waals surface area contributed by atoms with Crippen LogP contribution in [0.1, 0.15) is 53.5 Å². The molecular formula is C19H21N5O2S. The van der Waals surface area contributed by atoms with E-state index in [-0.39, 0.29) is 5.91 Å². The van der Waals surface area contributed by atoms with Gasteiger partial charge in [-0.3, -0.25) is 4.79 Å². The number of nitrogens with one attached hydrogen (secondary N) is 1. The zero-order valence-corrected chi connectivity index (χ0v) is 15.9. The maximum Gasteiger partial charge on any atom is 0.257 e. The normalized spacial score (nSPS) is 19.7. The van der Waals surface area contributed by atoms with Crippen molar-refractivity contribution in [1.82, 2.24) is 25.5 Å². The lowest BCUT2D eigenvalue weighted by Crippen LogP contribution is -2.31. The molecule has 0 bridgehead atoms. The minimum Gasteiger partial charge on any atom is -0.420 e. The summed E-state index contributed by atoms with van der Waals surface area (Å²) in [5.41, 5.74) is 1.24. The molecule has 7 nitrogen and oxygen atoms in total. The molecule has 1 saturated carbocycles. The van der Waals surface area contributed by atoms with Crippen LogP contribution in [-0.2, 0) is 0 Å². The molecule has 1 aliphatic rings. The van der Waals surface area contributed by atoms with Crippen LogP contribution in [0.5, 0.6) is 0 Å². The van der Waals surface area contributed by atoms with Crippen molar-refractivity contribution in [3.8, 4) is 10.8 Å². The van der Waals surface area contributed by atoms with Crippen molar-refractivity contribution >= 4 is 17.2 Å². The maximum atomic E-state index is 12.3. The van der Waals surface area contributed by atoms with E-state index in [2.05, 4.69) is 25.5 Å². The van der Waals surface area contributed by atoms with Gasteiger partial charge in [-0.05, 0) is 50.0 Å². The Balaban J connectivity index is 1.28. The number of carbonyl (C=O) groups is 1. The highest BCUT2D eigenvalue weighted by Crippen LogP contribution is 2.36. The van der Waals surface area contributed by atoms with Crippen LogP contribution < -0.4 is 5.32 Å². The van der Waals surface area contributed by atoms with Crippen molar-refractivity contribution in [2.45, 2.75) is 38.5 Å². The molecule has 0 spiro atoms. The molecule has 0 atom stereocenters. The average molecular weight is 383 g/mol. The molecule has 0 saturated heterocycles. The molecule has 27 heavy (non-hydrogen) atoms. The lowest BCUT2D eigenvalue weighted by Gasteiger charge is -2.26. The first-order valence-electron chi connectivity index (χ1n) is 9.13. The van der Waals surface area contributed by atoms with E-state index in [9.17, 15) is 4.79 Å².